The van der Waals surface area contributed by atoms with Crippen molar-refractivity contribution < 1.29 is 0 Å². The van der Waals surface area contributed by atoms with Gasteiger partial charge in [0.05, 0.1) is 11.2 Å². The number of rotatable bonds is 9. The van der Waals surface area contributed by atoms with Gasteiger partial charge in [0.15, 0.2) is 11.6 Å². The van der Waals surface area contributed by atoms with Crippen molar-refractivity contribution in [1.82, 2.24) is 19.3 Å². The van der Waals surface area contributed by atoms with Crippen LogP contribution in [0.1, 0.15) is 49.9 Å². The van der Waals surface area contributed by atoms with E-state index < -0.39 is 0 Å². The summed E-state index contributed by atoms with van der Waals surface area (Å²) in [6.45, 7) is 10.7. The van der Waals surface area contributed by atoms with Crippen molar-refractivity contribution in [1.29, 1.82) is 0 Å². The second-order valence-corrected chi connectivity index (χ2v) is 10.7. The number of aryl methyl sites for hydroxylation is 1. The lowest BCUT2D eigenvalue weighted by molar-refractivity contribution is 0.734. The van der Waals surface area contributed by atoms with Crippen LogP contribution in [0, 0.1) is 0 Å². The van der Waals surface area contributed by atoms with Crippen molar-refractivity contribution >= 4 is 17.0 Å². The smallest absolute Gasteiger partial charge is 0.168 e. The Hall–Kier alpha value is -4.96. The normalized spacial score (nSPS) is 12.3. The Morgan fingerprint density at radius 1 is 0.738 bits per heavy atom. The number of hydrogen-bond acceptors (Lipinski definition) is 2. The molecule has 0 fully saturated rings. The fourth-order valence-electron chi connectivity index (χ4n) is 5.75. The van der Waals surface area contributed by atoms with Gasteiger partial charge in [-0.15, -0.1) is 10.2 Å². The molecule has 42 heavy (non-hydrogen) atoms. The minimum Gasteiger partial charge on any atom is -0.310 e. The van der Waals surface area contributed by atoms with Crippen LogP contribution in [0.15, 0.2) is 122 Å². The maximum atomic E-state index is 4.69. The number of para-hydroxylation sites is 1. The third-order valence-corrected chi connectivity index (χ3v) is 8.15. The van der Waals surface area contributed by atoms with E-state index in [0.717, 1.165) is 47.0 Å². The molecule has 6 aromatic rings. The highest BCUT2D eigenvalue weighted by Crippen LogP contribution is 2.35. The van der Waals surface area contributed by atoms with Gasteiger partial charge in [0.2, 0.25) is 0 Å². The van der Waals surface area contributed by atoms with Crippen molar-refractivity contribution in [2.45, 2.75) is 39.5 Å². The van der Waals surface area contributed by atoms with E-state index in [1.165, 1.54) is 27.7 Å². The van der Waals surface area contributed by atoms with Crippen molar-refractivity contribution in [3.63, 3.8) is 0 Å². The van der Waals surface area contributed by atoms with Crippen LogP contribution in [-0.2, 0) is 6.42 Å². The summed E-state index contributed by atoms with van der Waals surface area (Å²) in [7, 11) is 0. The Balaban J connectivity index is 1.50. The van der Waals surface area contributed by atoms with Crippen molar-refractivity contribution in [2.24, 2.45) is 0 Å². The Morgan fingerprint density at radius 3 is 1.98 bits per heavy atom. The molecule has 4 heteroatoms. The maximum Gasteiger partial charge on any atom is 0.168 e. The van der Waals surface area contributed by atoms with Gasteiger partial charge in [0, 0.05) is 27.9 Å². The van der Waals surface area contributed by atoms with Crippen LogP contribution >= 0.6 is 0 Å². The van der Waals surface area contributed by atoms with Crippen LogP contribution in [0.5, 0.6) is 0 Å². The summed E-state index contributed by atoms with van der Waals surface area (Å²) in [5.74, 6) is 2.15. The highest BCUT2D eigenvalue weighted by Gasteiger charge is 2.19. The Bertz CT molecular complexity index is 1860. The summed E-state index contributed by atoms with van der Waals surface area (Å²) in [6, 6.07) is 36.2. The molecular formula is C38H36N4. The fourth-order valence-corrected chi connectivity index (χ4v) is 5.75. The third-order valence-electron chi connectivity index (χ3n) is 8.15. The summed E-state index contributed by atoms with van der Waals surface area (Å²) in [5, 5.41) is 10.6. The van der Waals surface area contributed by atoms with E-state index in [1.54, 1.807) is 0 Å². The van der Waals surface area contributed by atoms with E-state index in [2.05, 4.69) is 119 Å². The van der Waals surface area contributed by atoms with Crippen molar-refractivity contribution in [3.05, 3.63) is 139 Å². The van der Waals surface area contributed by atoms with Gasteiger partial charge in [-0.05, 0) is 84.5 Å². The number of benzene rings is 4. The molecule has 0 aliphatic heterocycles. The average Bonchev–Trinajstić information content (AvgIpc) is 3.63. The fraction of sp³-hybridized carbons (Fsp3) is 0.158. The molecule has 1 unspecified atom stereocenters. The van der Waals surface area contributed by atoms with Crippen LogP contribution in [0.2, 0.25) is 0 Å². The lowest BCUT2D eigenvalue weighted by Gasteiger charge is -2.13. The third kappa shape index (κ3) is 4.90. The van der Waals surface area contributed by atoms with Crippen LogP contribution < -0.4 is 0 Å². The van der Waals surface area contributed by atoms with E-state index in [-0.39, 0.29) is 0 Å². The molecule has 0 spiro atoms. The molecule has 0 aliphatic carbocycles. The van der Waals surface area contributed by atoms with Crippen LogP contribution in [0.3, 0.4) is 0 Å². The highest BCUT2D eigenvalue weighted by molar-refractivity contribution is 5.91. The Morgan fingerprint density at radius 2 is 1.36 bits per heavy atom. The zero-order valence-corrected chi connectivity index (χ0v) is 24.5. The van der Waals surface area contributed by atoms with Gasteiger partial charge < -0.3 is 4.57 Å². The molecule has 1 atom stereocenters. The molecule has 208 valence electrons. The lowest BCUT2D eigenvalue weighted by Crippen LogP contribution is -2.01. The second-order valence-electron chi connectivity index (χ2n) is 10.7. The number of hydrogen-bond donors (Lipinski definition) is 0. The first-order chi connectivity index (χ1) is 20.6. The molecule has 4 nitrogen and oxygen atoms in total. The molecule has 0 aliphatic rings. The van der Waals surface area contributed by atoms with E-state index in [9.17, 15) is 0 Å². The average molecular weight is 549 g/mol. The minimum absolute atomic E-state index is 0.525. The maximum absolute atomic E-state index is 4.69. The first-order valence-electron chi connectivity index (χ1n) is 14.8. The van der Waals surface area contributed by atoms with E-state index in [0.29, 0.717) is 5.92 Å². The number of allylic oxidation sites excluding steroid dienone is 2. The molecule has 2 heterocycles. The Labute approximate surface area is 248 Å². The molecule has 0 saturated carbocycles. The van der Waals surface area contributed by atoms with Gasteiger partial charge in [-0.3, -0.25) is 4.57 Å². The zero-order chi connectivity index (χ0) is 29.1. The molecule has 4 aromatic carbocycles. The van der Waals surface area contributed by atoms with Gasteiger partial charge in [0.25, 0.3) is 0 Å². The standard InChI is InChI=1S/C38H36N4/c1-5-8-19-35-33(7-3)34-26-30(27(4)6-2)22-25-36(34)41(35)32-23-20-29(21-24-32)38-40-39-37(28-15-11-9-12-16-28)42(38)31-17-13-10-14-18-31/h5,8-27H,1,6-7H2,2-4H3/b19-8-. The summed E-state index contributed by atoms with van der Waals surface area (Å²) >= 11 is 0. The van der Waals surface area contributed by atoms with Gasteiger partial charge in [-0.1, -0.05) is 94.1 Å². The monoisotopic (exact) mass is 548 g/mol. The second kappa shape index (κ2) is 11.9. The van der Waals surface area contributed by atoms with Gasteiger partial charge in [-0.25, -0.2) is 0 Å². The minimum atomic E-state index is 0.525. The molecule has 0 radical (unpaired) electrons. The van der Waals surface area contributed by atoms with Crippen LogP contribution in [0.25, 0.3) is 51.1 Å². The predicted molar refractivity (Wildman–Crippen MR) is 176 cm³/mol. The zero-order valence-electron chi connectivity index (χ0n) is 24.5. The van der Waals surface area contributed by atoms with Gasteiger partial charge in [-0.2, -0.15) is 0 Å². The van der Waals surface area contributed by atoms with E-state index in [1.807, 2.05) is 48.6 Å². The highest BCUT2D eigenvalue weighted by atomic mass is 15.3. The lowest BCUT2D eigenvalue weighted by atomic mass is 9.96. The summed E-state index contributed by atoms with van der Waals surface area (Å²) in [6.07, 6.45) is 8.13. The molecular weight excluding hydrogens is 512 g/mol. The number of fused-ring (bicyclic) bond motifs is 1. The molecule has 0 N–H and O–H groups in total. The van der Waals surface area contributed by atoms with E-state index in [4.69, 9.17) is 0 Å². The largest absolute Gasteiger partial charge is 0.310 e. The molecule has 0 bridgehead atoms. The van der Waals surface area contributed by atoms with Gasteiger partial charge in [0.1, 0.15) is 0 Å². The molecule has 2 aromatic heterocycles. The SMILES string of the molecule is C=C/C=C\c1c(CC)c2cc(C(C)CC)ccc2n1-c1ccc(-c2nnc(-c3ccccc3)n2-c2ccccc2)cc1. The number of aromatic nitrogens is 4. The molecule has 0 saturated heterocycles. The van der Waals surface area contributed by atoms with Crippen molar-refractivity contribution in [3.8, 4) is 34.2 Å². The quantitative estimate of drug-likeness (QED) is 0.169. The first-order valence-corrected chi connectivity index (χ1v) is 14.8. The molecule has 6 rings (SSSR count). The van der Waals surface area contributed by atoms with Crippen LogP contribution in [-0.4, -0.2) is 19.3 Å². The van der Waals surface area contributed by atoms with Crippen molar-refractivity contribution in [2.75, 3.05) is 0 Å². The molecule has 0 amide bonds. The summed E-state index contributed by atoms with van der Waals surface area (Å²) < 4.78 is 4.51. The van der Waals surface area contributed by atoms with Gasteiger partial charge >= 0.3 is 0 Å². The topological polar surface area (TPSA) is 35.6 Å². The summed E-state index contributed by atoms with van der Waals surface area (Å²) in [5.41, 5.74) is 9.32. The predicted octanol–water partition coefficient (Wildman–Crippen LogP) is 9.82. The number of nitrogens with zero attached hydrogens (tertiary/aromatic N) is 4. The summed E-state index contributed by atoms with van der Waals surface area (Å²) in [4.78, 5) is 0. The Kier molecular flexibility index (Phi) is 7.70. The van der Waals surface area contributed by atoms with E-state index >= 15 is 0 Å². The first kappa shape index (κ1) is 27.2. The van der Waals surface area contributed by atoms with Crippen LogP contribution in [0.4, 0.5) is 0 Å².